The number of hydrogen-bond acceptors (Lipinski definition) is 0. The maximum absolute atomic E-state index is 2.61. The summed E-state index contributed by atoms with van der Waals surface area (Å²) >= 11 is 0. The summed E-state index contributed by atoms with van der Waals surface area (Å²) in [6.45, 7) is 0. The van der Waals surface area contributed by atoms with Crippen LogP contribution in [0, 0.1) is 0 Å². The molecule has 0 aromatic heterocycles. The van der Waals surface area contributed by atoms with Crippen LogP contribution in [0.5, 0.6) is 0 Å². The third kappa shape index (κ3) is 4.95. The first-order valence-electron chi connectivity index (χ1n) is 25.9. The molecule has 11 aromatic carbocycles. The Morgan fingerprint density at radius 1 is 0.225 bits per heavy atom. The molecule has 71 heavy (non-hydrogen) atoms. The van der Waals surface area contributed by atoms with Gasteiger partial charge in [-0.05, 0) is 201 Å². The van der Waals surface area contributed by atoms with Crippen molar-refractivity contribution in [3.05, 3.63) is 285 Å². The van der Waals surface area contributed by atoms with Crippen molar-refractivity contribution in [1.82, 2.24) is 0 Å². The fourth-order valence-corrected chi connectivity index (χ4v) is 16.0. The van der Waals surface area contributed by atoms with E-state index in [1.165, 1.54) is 144 Å². The van der Waals surface area contributed by atoms with Crippen molar-refractivity contribution in [3.8, 4) is 55.6 Å². The normalized spacial score (nSPS) is 18.1. The SMILES string of the molecule is c1ccc2c(c1)-c1ccc(-c3ccc4c(c3)C3(Cc5cccc6cccc(c56)C3)c3ccccc3-4)cc1C21Cc2cccc(-c3ccc4c(c3)C3(Cc5cccc6cccc(c56)C3)c3ccccc3-4)c2C1. The topological polar surface area (TPSA) is 0 Å². The average molecular weight is 901 g/mol. The Morgan fingerprint density at radius 3 is 1.00 bits per heavy atom. The van der Waals surface area contributed by atoms with Crippen LogP contribution in [0.25, 0.3) is 77.2 Å². The predicted octanol–water partition coefficient (Wildman–Crippen LogP) is 16.5. The summed E-state index contributed by atoms with van der Waals surface area (Å²) in [4.78, 5) is 0. The van der Waals surface area contributed by atoms with Gasteiger partial charge in [0, 0.05) is 16.2 Å². The fourth-order valence-electron chi connectivity index (χ4n) is 16.0. The van der Waals surface area contributed by atoms with Gasteiger partial charge in [-0.15, -0.1) is 0 Å². The molecule has 3 spiro atoms. The van der Waals surface area contributed by atoms with Crippen LogP contribution in [0.4, 0.5) is 0 Å². The van der Waals surface area contributed by atoms with E-state index >= 15 is 0 Å². The Morgan fingerprint density at radius 2 is 0.549 bits per heavy atom. The van der Waals surface area contributed by atoms with E-state index in [0.29, 0.717) is 0 Å². The Balaban J connectivity index is 0.786. The van der Waals surface area contributed by atoms with E-state index in [1.54, 1.807) is 0 Å². The molecule has 0 heterocycles. The Bertz CT molecular complexity index is 4120. The zero-order valence-electron chi connectivity index (χ0n) is 39.5. The molecule has 11 aromatic rings. The highest BCUT2D eigenvalue weighted by molar-refractivity contribution is 5.95. The van der Waals surface area contributed by atoms with Crippen LogP contribution in [-0.4, -0.2) is 0 Å². The van der Waals surface area contributed by atoms with Gasteiger partial charge < -0.3 is 0 Å². The minimum Gasteiger partial charge on any atom is -0.0619 e. The predicted molar refractivity (Wildman–Crippen MR) is 293 cm³/mol. The highest BCUT2D eigenvalue weighted by Crippen LogP contribution is 2.60. The summed E-state index contributed by atoms with van der Waals surface area (Å²) in [6.07, 6.45) is 6.05. The molecule has 1 atom stereocenters. The second kappa shape index (κ2) is 13.6. The third-order valence-electron chi connectivity index (χ3n) is 18.8. The van der Waals surface area contributed by atoms with Gasteiger partial charge >= 0.3 is 0 Å². The first-order chi connectivity index (χ1) is 35.1. The van der Waals surface area contributed by atoms with Crippen LogP contribution in [0.3, 0.4) is 0 Å². The molecule has 0 saturated heterocycles. The Hall–Kier alpha value is -8.06. The standard InChI is InChI=1S/C71H48/c1-4-25-61-54(21-1)57-31-28-45(34-64(57)69(61)38-49-17-7-12-43-13-8-18-50(39-69)67(43)49)46-29-32-58-56-23-3-6-27-63(56)71(65(58)35-46)37-48-16-11-24-53(60(48)42-71)47-30-33-59-55-22-2-5-26-62(55)70(66(59)36-47)40-51-19-9-14-44-15-10-20-52(41-70)68(44)51/h1-36H,37-42H2. The summed E-state index contributed by atoms with van der Waals surface area (Å²) in [5.74, 6) is 0. The van der Waals surface area contributed by atoms with Crippen LogP contribution in [0.1, 0.15) is 66.8 Å². The maximum atomic E-state index is 2.61. The zero-order chi connectivity index (χ0) is 46.2. The van der Waals surface area contributed by atoms with Crippen LogP contribution >= 0.6 is 0 Å². The lowest BCUT2D eigenvalue weighted by molar-refractivity contribution is 0.513. The van der Waals surface area contributed by atoms with E-state index in [1.807, 2.05) is 0 Å². The molecule has 0 saturated carbocycles. The van der Waals surface area contributed by atoms with E-state index in [4.69, 9.17) is 0 Å². The second-order valence-corrected chi connectivity index (χ2v) is 22.0. The van der Waals surface area contributed by atoms with Crippen LogP contribution in [0.2, 0.25) is 0 Å². The molecule has 0 heteroatoms. The number of hydrogen-bond donors (Lipinski definition) is 0. The molecule has 0 nitrogen and oxygen atoms in total. The minimum atomic E-state index is -0.153. The number of rotatable bonds is 2. The lowest BCUT2D eigenvalue weighted by atomic mass is 9.65. The van der Waals surface area contributed by atoms with Crippen LogP contribution < -0.4 is 0 Å². The molecular formula is C71H48. The van der Waals surface area contributed by atoms with E-state index in [-0.39, 0.29) is 16.2 Å². The van der Waals surface area contributed by atoms with E-state index in [2.05, 4.69) is 218 Å². The largest absolute Gasteiger partial charge is 0.0619 e. The van der Waals surface area contributed by atoms with Crippen molar-refractivity contribution in [2.75, 3.05) is 0 Å². The van der Waals surface area contributed by atoms with Gasteiger partial charge in [-0.1, -0.05) is 200 Å². The minimum absolute atomic E-state index is 0.112. The second-order valence-electron chi connectivity index (χ2n) is 22.0. The summed E-state index contributed by atoms with van der Waals surface area (Å²) in [5, 5.41) is 5.65. The zero-order valence-corrected chi connectivity index (χ0v) is 39.5. The third-order valence-corrected chi connectivity index (χ3v) is 18.8. The molecule has 6 aliphatic rings. The molecule has 6 aliphatic carbocycles. The van der Waals surface area contributed by atoms with Gasteiger partial charge in [0.25, 0.3) is 0 Å². The van der Waals surface area contributed by atoms with Crippen molar-refractivity contribution in [3.63, 3.8) is 0 Å². The lowest BCUT2D eigenvalue weighted by Gasteiger charge is -2.37. The van der Waals surface area contributed by atoms with Crippen molar-refractivity contribution in [2.24, 2.45) is 0 Å². The Kier molecular flexibility index (Phi) is 7.44. The smallest absolute Gasteiger partial charge is 0.0296 e. The molecule has 0 N–H and O–H groups in total. The molecule has 0 fully saturated rings. The maximum Gasteiger partial charge on any atom is 0.0296 e. The van der Waals surface area contributed by atoms with E-state index < -0.39 is 0 Å². The number of fused-ring (bicyclic) bond motifs is 16. The van der Waals surface area contributed by atoms with Crippen molar-refractivity contribution >= 4 is 21.5 Å². The quantitative estimate of drug-likeness (QED) is 0.162. The first kappa shape index (κ1) is 38.8. The van der Waals surface area contributed by atoms with Crippen LogP contribution in [0.15, 0.2) is 218 Å². The summed E-state index contributed by atoms with van der Waals surface area (Å²) in [7, 11) is 0. The molecule has 17 rings (SSSR count). The van der Waals surface area contributed by atoms with Gasteiger partial charge in [0.2, 0.25) is 0 Å². The Labute approximate surface area is 415 Å². The fraction of sp³-hybridized carbons (Fsp3) is 0.127. The van der Waals surface area contributed by atoms with Crippen molar-refractivity contribution < 1.29 is 0 Å². The molecular weight excluding hydrogens is 853 g/mol. The summed E-state index contributed by atoms with van der Waals surface area (Å²) in [5.41, 5.74) is 31.1. The van der Waals surface area contributed by atoms with Crippen LogP contribution in [-0.2, 0) is 54.8 Å². The molecule has 332 valence electrons. The molecule has 1 unspecified atom stereocenters. The molecule has 0 amide bonds. The van der Waals surface area contributed by atoms with Crippen molar-refractivity contribution in [2.45, 2.75) is 54.8 Å². The van der Waals surface area contributed by atoms with E-state index in [9.17, 15) is 0 Å². The van der Waals surface area contributed by atoms with E-state index in [0.717, 1.165) is 38.5 Å². The molecule has 0 bridgehead atoms. The number of benzene rings is 11. The van der Waals surface area contributed by atoms with Gasteiger partial charge in [0.1, 0.15) is 0 Å². The van der Waals surface area contributed by atoms with Crippen molar-refractivity contribution in [1.29, 1.82) is 0 Å². The summed E-state index contributed by atoms with van der Waals surface area (Å²) in [6, 6.07) is 85.3. The first-order valence-corrected chi connectivity index (χ1v) is 25.9. The van der Waals surface area contributed by atoms with Gasteiger partial charge in [-0.2, -0.15) is 0 Å². The van der Waals surface area contributed by atoms with Gasteiger partial charge in [-0.25, -0.2) is 0 Å². The van der Waals surface area contributed by atoms with Gasteiger partial charge in [0.15, 0.2) is 0 Å². The summed E-state index contributed by atoms with van der Waals surface area (Å²) < 4.78 is 0. The lowest BCUT2D eigenvalue weighted by Crippen LogP contribution is -2.33. The van der Waals surface area contributed by atoms with Gasteiger partial charge in [0.05, 0.1) is 0 Å². The van der Waals surface area contributed by atoms with Gasteiger partial charge in [-0.3, -0.25) is 0 Å². The monoisotopic (exact) mass is 900 g/mol. The highest BCUT2D eigenvalue weighted by Gasteiger charge is 2.50. The molecule has 0 radical (unpaired) electrons. The average Bonchev–Trinajstić information content (AvgIpc) is 4.11. The molecule has 0 aliphatic heterocycles. The highest BCUT2D eigenvalue weighted by atomic mass is 14.5.